The zero-order valence-corrected chi connectivity index (χ0v) is 20.1. The summed E-state index contributed by atoms with van der Waals surface area (Å²) in [5.74, 6) is -1.38. The number of carbonyl (C=O) groups is 2. The van der Waals surface area contributed by atoms with Crippen LogP contribution in [-0.2, 0) is 12.7 Å². The summed E-state index contributed by atoms with van der Waals surface area (Å²) >= 11 is 0. The number of anilines is 1. The molecule has 38 heavy (non-hydrogen) atoms. The molecular weight excluding hydrogens is 502 g/mol. The van der Waals surface area contributed by atoms with Crippen LogP contribution in [-0.4, -0.2) is 58.0 Å². The summed E-state index contributed by atoms with van der Waals surface area (Å²) in [5, 5.41) is 11.5. The van der Waals surface area contributed by atoms with E-state index in [9.17, 15) is 27.2 Å². The topological polar surface area (TPSA) is 81.3 Å². The third-order valence-electron chi connectivity index (χ3n) is 6.48. The maximum absolute atomic E-state index is 14.2. The Morgan fingerprint density at radius 3 is 2.34 bits per heavy atom. The van der Waals surface area contributed by atoms with Crippen molar-refractivity contribution in [3.05, 3.63) is 94.8 Å². The molecule has 1 aliphatic rings. The van der Waals surface area contributed by atoms with Gasteiger partial charge in [0, 0.05) is 43.7 Å². The summed E-state index contributed by atoms with van der Waals surface area (Å²) in [6, 6.07) is 16.6. The third kappa shape index (κ3) is 5.17. The van der Waals surface area contributed by atoms with Crippen LogP contribution in [0.2, 0.25) is 0 Å². The Balaban J connectivity index is 1.21. The zero-order chi connectivity index (χ0) is 26.9. The van der Waals surface area contributed by atoms with Gasteiger partial charge in [-0.25, -0.2) is 4.39 Å². The van der Waals surface area contributed by atoms with Crippen molar-refractivity contribution in [1.29, 1.82) is 0 Å². The third-order valence-corrected chi connectivity index (χ3v) is 6.48. The summed E-state index contributed by atoms with van der Waals surface area (Å²) in [7, 11) is 0. The molecule has 1 saturated heterocycles. The summed E-state index contributed by atoms with van der Waals surface area (Å²) in [5.41, 5.74) is 0.527. The number of benzene rings is 3. The van der Waals surface area contributed by atoms with Gasteiger partial charge in [0.15, 0.2) is 5.82 Å². The molecule has 1 fully saturated rings. The molecule has 0 saturated carbocycles. The number of fused-ring (bicyclic) bond motifs is 1. The van der Waals surface area contributed by atoms with E-state index >= 15 is 0 Å². The molecule has 2 amide bonds. The Hall–Kier alpha value is -4.41. The quantitative estimate of drug-likeness (QED) is 0.362. The fourth-order valence-corrected chi connectivity index (χ4v) is 4.43. The molecule has 2 N–H and O–H groups in total. The van der Waals surface area contributed by atoms with Gasteiger partial charge in [0.2, 0.25) is 0 Å². The molecule has 11 heteroatoms. The van der Waals surface area contributed by atoms with E-state index in [0.717, 1.165) is 16.5 Å². The van der Waals surface area contributed by atoms with E-state index in [0.29, 0.717) is 36.1 Å². The van der Waals surface area contributed by atoms with Gasteiger partial charge in [-0.1, -0.05) is 24.3 Å². The maximum atomic E-state index is 14.2. The van der Waals surface area contributed by atoms with Crippen molar-refractivity contribution in [3.63, 3.8) is 0 Å². The number of rotatable bonds is 5. The van der Waals surface area contributed by atoms with Gasteiger partial charge in [-0.15, -0.1) is 0 Å². The second-order valence-electron chi connectivity index (χ2n) is 8.95. The number of piperazine rings is 1. The summed E-state index contributed by atoms with van der Waals surface area (Å²) in [4.78, 5) is 28.7. The molecule has 7 nitrogen and oxygen atoms in total. The van der Waals surface area contributed by atoms with Crippen molar-refractivity contribution in [3.8, 4) is 0 Å². The highest BCUT2D eigenvalue weighted by molar-refractivity contribution is 5.96. The van der Waals surface area contributed by atoms with Crippen LogP contribution in [0.4, 0.5) is 23.4 Å². The number of hydrogen-bond donors (Lipinski definition) is 2. The van der Waals surface area contributed by atoms with E-state index < -0.39 is 29.0 Å². The minimum Gasteiger partial charge on any atom is -0.364 e. The molecule has 2 heterocycles. The minimum absolute atomic E-state index is 0.0771. The van der Waals surface area contributed by atoms with Crippen molar-refractivity contribution in [2.75, 3.05) is 31.5 Å². The minimum atomic E-state index is -4.69. The van der Waals surface area contributed by atoms with Gasteiger partial charge in [0.1, 0.15) is 5.82 Å². The van der Waals surface area contributed by atoms with E-state index in [2.05, 4.69) is 15.5 Å². The van der Waals surface area contributed by atoms with Gasteiger partial charge in [0.05, 0.1) is 16.6 Å². The van der Waals surface area contributed by atoms with Gasteiger partial charge < -0.3 is 15.1 Å². The first kappa shape index (κ1) is 25.2. The van der Waals surface area contributed by atoms with Crippen molar-refractivity contribution in [2.45, 2.75) is 12.7 Å². The fourth-order valence-electron chi connectivity index (χ4n) is 4.43. The predicted octanol–water partition coefficient (Wildman–Crippen LogP) is 4.93. The van der Waals surface area contributed by atoms with Gasteiger partial charge >= 0.3 is 6.18 Å². The van der Waals surface area contributed by atoms with E-state index in [1.807, 2.05) is 30.3 Å². The van der Waals surface area contributed by atoms with Crippen LogP contribution in [0, 0.1) is 5.82 Å². The molecule has 0 atom stereocenters. The highest BCUT2D eigenvalue weighted by Gasteiger charge is 2.33. The summed E-state index contributed by atoms with van der Waals surface area (Å²) < 4.78 is 53.2. The van der Waals surface area contributed by atoms with Crippen LogP contribution in [0.5, 0.6) is 0 Å². The Morgan fingerprint density at radius 1 is 0.895 bits per heavy atom. The first-order chi connectivity index (χ1) is 18.2. The average Bonchev–Trinajstić information content (AvgIpc) is 3.34. The summed E-state index contributed by atoms with van der Waals surface area (Å²) in [6.07, 6.45) is -4.69. The van der Waals surface area contributed by atoms with E-state index in [4.69, 9.17) is 0 Å². The Kier molecular flexibility index (Phi) is 6.75. The second-order valence-corrected chi connectivity index (χ2v) is 8.95. The van der Waals surface area contributed by atoms with Crippen LogP contribution in [0.1, 0.15) is 31.8 Å². The molecule has 0 bridgehead atoms. The molecule has 0 unspecified atom stereocenters. The van der Waals surface area contributed by atoms with Gasteiger partial charge in [-0.05, 0) is 48.0 Å². The number of halogens is 4. The Bertz CT molecular complexity index is 1490. The van der Waals surface area contributed by atoms with Gasteiger partial charge in [-0.2, -0.15) is 18.3 Å². The van der Waals surface area contributed by atoms with Crippen LogP contribution in [0.15, 0.2) is 66.7 Å². The Morgan fingerprint density at radius 2 is 1.61 bits per heavy atom. The van der Waals surface area contributed by atoms with Crippen LogP contribution >= 0.6 is 0 Å². The number of aromatic amines is 1. The number of H-pyrrole nitrogens is 1. The van der Waals surface area contributed by atoms with Crippen LogP contribution in [0.25, 0.3) is 10.9 Å². The standard InChI is InChI=1S/C27H23F4N5O2/c28-22-9-8-19(27(29,30)31)15-21(22)26(38)36-12-10-35(11-13-36)25(37)18-5-3-4-17(14-18)16-32-24-20-6-1-2-7-23(20)33-34-24/h1-9,14-15H,10-13,16H2,(H2,32,33,34). The van der Waals surface area contributed by atoms with Crippen molar-refractivity contribution in [2.24, 2.45) is 0 Å². The predicted molar refractivity (Wildman–Crippen MR) is 133 cm³/mol. The largest absolute Gasteiger partial charge is 0.416 e. The van der Waals surface area contributed by atoms with E-state index in [-0.39, 0.29) is 32.1 Å². The molecule has 1 aliphatic heterocycles. The molecule has 196 valence electrons. The summed E-state index contributed by atoms with van der Waals surface area (Å²) in [6.45, 7) is 0.946. The van der Waals surface area contributed by atoms with Crippen molar-refractivity contribution < 1.29 is 27.2 Å². The first-order valence-corrected chi connectivity index (χ1v) is 11.9. The first-order valence-electron chi connectivity index (χ1n) is 11.9. The number of carbonyl (C=O) groups excluding carboxylic acids is 2. The number of amides is 2. The number of para-hydroxylation sites is 1. The van der Waals surface area contributed by atoms with Crippen molar-refractivity contribution in [1.82, 2.24) is 20.0 Å². The monoisotopic (exact) mass is 525 g/mol. The molecule has 4 aromatic rings. The van der Waals surface area contributed by atoms with Gasteiger partial charge in [0.25, 0.3) is 11.8 Å². The van der Waals surface area contributed by atoms with Crippen LogP contribution in [0.3, 0.4) is 0 Å². The van der Waals surface area contributed by atoms with Crippen LogP contribution < -0.4 is 5.32 Å². The number of nitrogens with zero attached hydrogens (tertiary/aromatic N) is 3. The Labute approximate surface area is 215 Å². The molecule has 3 aromatic carbocycles. The van der Waals surface area contributed by atoms with E-state index in [1.165, 1.54) is 4.90 Å². The molecule has 0 radical (unpaired) electrons. The highest BCUT2D eigenvalue weighted by atomic mass is 19.4. The second kappa shape index (κ2) is 10.2. The lowest BCUT2D eigenvalue weighted by Gasteiger charge is -2.35. The van der Waals surface area contributed by atoms with E-state index in [1.54, 1.807) is 23.1 Å². The number of hydrogen-bond acceptors (Lipinski definition) is 4. The zero-order valence-electron chi connectivity index (χ0n) is 20.1. The fraction of sp³-hybridized carbons (Fsp3) is 0.222. The maximum Gasteiger partial charge on any atom is 0.416 e. The normalized spacial score (nSPS) is 14.1. The lowest BCUT2D eigenvalue weighted by Crippen LogP contribution is -2.50. The number of alkyl halides is 3. The van der Waals surface area contributed by atoms with Crippen molar-refractivity contribution >= 4 is 28.5 Å². The molecule has 5 rings (SSSR count). The average molecular weight is 526 g/mol. The molecule has 1 aromatic heterocycles. The molecule has 0 aliphatic carbocycles. The lowest BCUT2D eigenvalue weighted by atomic mass is 10.1. The molecule has 0 spiro atoms. The number of nitrogens with one attached hydrogen (secondary N) is 2. The van der Waals surface area contributed by atoms with Gasteiger partial charge in [-0.3, -0.25) is 14.7 Å². The smallest absolute Gasteiger partial charge is 0.364 e. The lowest BCUT2D eigenvalue weighted by molar-refractivity contribution is -0.137. The number of aromatic nitrogens is 2. The SMILES string of the molecule is O=C(c1cccc(CNc2n[nH]c3ccccc23)c1)N1CCN(C(=O)c2cc(C(F)(F)F)ccc2F)CC1. The highest BCUT2D eigenvalue weighted by Crippen LogP contribution is 2.31. The molecular formula is C27H23F4N5O2.